The van der Waals surface area contributed by atoms with Crippen LogP contribution in [0.2, 0.25) is 4.34 Å². The van der Waals surface area contributed by atoms with Crippen molar-refractivity contribution in [2.24, 2.45) is 0 Å². The summed E-state index contributed by atoms with van der Waals surface area (Å²) in [5.41, 5.74) is 0. The number of aromatic nitrogens is 1. The van der Waals surface area contributed by atoms with Gasteiger partial charge < -0.3 is 5.32 Å². The van der Waals surface area contributed by atoms with E-state index in [2.05, 4.69) is 37.1 Å². The number of hydrogen-bond acceptors (Lipinski definition) is 4. The van der Waals surface area contributed by atoms with Crippen molar-refractivity contribution < 1.29 is 0 Å². The largest absolute Gasteiger partial charge is 0.301 e. The fraction of sp³-hybridized carbons (Fsp3) is 0.417. The average molecular weight is 287 g/mol. The molecule has 0 aliphatic carbocycles. The van der Waals surface area contributed by atoms with Crippen LogP contribution in [0.5, 0.6) is 0 Å². The van der Waals surface area contributed by atoms with E-state index in [0.29, 0.717) is 6.04 Å². The van der Waals surface area contributed by atoms with Gasteiger partial charge in [0.2, 0.25) is 0 Å². The molecule has 2 aromatic rings. The van der Waals surface area contributed by atoms with Crippen molar-refractivity contribution in [3.05, 3.63) is 37.4 Å². The first-order chi connectivity index (χ1) is 8.06. The molecule has 0 saturated heterocycles. The molecule has 92 valence electrons. The van der Waals surface area contributed by atoms with Crippen LogP contribution < -0.4 is 5.32 Å². The van der Waals surface area contributed by atoms with Crippen LogP contribution in [0.25, 0.3) is 0 Å². The van der Waals surface area contributed by atoms with Gasteiger partial charge in [0.15, 0.2) is 0 Å². The Bertz CT molecular complexity index is 448. The van der Waals surface area contributed by atoms with Gasteiger partial charge in [-0.3, -0.25) is 0 Å². The Hall–Kier alpha value is -0.420. The zero-order chi connectivity index (χ0) is 12.4. The van der Waals surface area contributed by atoms with Gasteiger partial charge in [0.1, 0.15) is 5.01 Å². The summed E-state index contributed by atoms with van der Waals surface area (Å²) in [7, 11) is 0. The summed E-state index contributed by atoms with van der Waals surface area (Å²) in [6.07, 6.45) is 1.92. The molecule has 0 amide bonds. The van der Waals surface area contributed by atoms with Gasteiger partial charge >= 0.3 is 0 Å². The Balaban J connectivity index is 2.01. The van der Waals surface area contributed by atoms with Gasteiger partial charge in [-0.15, -0.1) is 22.7 Å². The summed E-state index contributed by atoms with van der Waals surface area (Å²) in [5, 5.41) is 4.67. The lowest BCUT2D eigenvalue weighted by Gasteiger charge is -2.17. The molecule has 2 heterocycles. The summed E-state index contributed by atoms with van der Waals surface area (Å²) in [5.74, 6) is 0. The first-order valence-electron chi connectivity index (χ1n) is 5.50. The molecule has 17 heavy (non-hydrogen) atoms. The lowest BCUT2D eigenvalue weighted by atomic mass is 10.2. The molecule has 1 N–H and O–H groups in total. The topological polar surface area (TPSA) is 24.9 Å². The first kappa shape index (κ1) is 13.0. The van der Waals surface area contributed by atoms with Gasteiger partial charge in [0.25, 0.3) is 0 Å². The number of thiazole rings is 1. The molecular formula is C12H15ClN2S2. The highest BCUT2D eigenvalue weighted by Gasteiger charge is 2.14. The molecule has 0 aliphatic rings. The Morgan fingerprint density at radius 2 is 2.00 bits per heavy atom. The Kier molecular flexibility index (Phi) is 4.20. The summed E-state index contributed by atoms with van der Waals surface area (Å²) >= 11 is 9.31. The number of aryl methyl sites for hydroxylation is 1. The van der Waals surface area contributed by atoms with E-state index in [4.69, 9.17) is 11.6 Å². The molecule has 5 heteroatoms. The third kappa shape index (κ3) is 3.28. The van der Waals surface area contributed by atoms with E-state index >= 15 is 0 Å². The molecule has 2 aromatic heterocycles. The fourth-order valence-corrected chi connectivity index (χ4v) is 3.52. The maximum Gasteiger partial charge on any atom is 0.109 e. The smallest absolute Gasteiger partial charge is 0.109 e. The van der Waals surface area contributed by atoms with E-state index in [-0.39, 0.29) is 6.04 Å². The van der Waals surface area contributed by atoms with Crippen LogP contribution in [-0.4, -0.2) is 4.98 Å². The molecule has 2 unspecified atom stereocenters. The van der Waals surface area contributed by atoms with E-state index < -0.39 is 0 Å². The van der Waals surface area contributed by atoms with E-state index in [1.807, 2.05) is 12.3 Å². The number of nitrogens with one attached hydrogen (secondary N) is 1. The number of nitrogens with zero attached hydrogens (tertiary/aromatic N) is 1. The predicted octanol–water partition coefficient (Wildman–Crippen LogP) is 4.58. The van der Waals surface area contributed by atoms with Crippen molar-refractivity contribution in [3.63, 3.8) is 0 Å². The lowest BCUT2D eigenvalue weighted by molar-refractivity contribution is 0.498. The first-order valence-corrected chi connectivity index (χ1v) is 7.51. The molecule has 0 saturated carbocycles. The van der Waals surface area contributed by atoms with Gasteiger partial charge in [-0.2, -0.15) is 0 Å². The summed E-state index contributed by atoms with van der Waals surface area (Å²) in [4.78, 5) is 6.91. The highest BCUT2D eigenvalue weighted by molar-refractivity contribution is 7.16. The van der Waals surface area contributed by atoms with Gasteiger partial charge in [-0.1, -0.05) is 11.6 Å². The van der Waals surface area contributed by atoms with E-state index in [0.717, 1.165) is 9.34 Å². The second kappa shape index (κ2) is 5.48. The third-order valence-electron chi connectivity index (χ3n) is 2.53. The Morgan fingerprint density at radius 1 is 1.24 bits per heavy atom. The van der Waals surface area contributed by atoms with Crippen LogP contribution in [0.4, 0.5) is 0 Å². The monoisotopic (exact) mass is 286 g/mol. The van der Waals surface area contributed by atoms with E-state index in [1.54, 1.807) is 22.7 Å². The maximum absolute atomic E-state index is 5.94. The van der Waals surface area contributed by atoms with Crippen molar-refractivity contribution in [2.45, 2.75) is 32.9 Å². The summed E-state index contributed by atoms with van der Waals surface area (Å²) in [6, 6.07) is 4.58. The van der Waals surface area contributed by atoms with E-state index in [1.165, 1.54) is 9.75 Å². The normalized spacial score (nSPS) is 14.8. The van der Waals surface area contributed by atoms with Gasteiger partial charge in [0.05, 0.1) is 10.4 Å². The number of hydrogen-bond donors (Lipinski definition) is 1. The molecule has 0 fully saturated rings. The molecule has 0 aromatic carbocycles. The molecule has 0 bridgehead atoms. The predicted molar refractivity (Wildman–Crippen MR) is 76.1 cm³/mol. The van der Waals surface area contributed by atoms with Crippen LogP contribution in [-0.2, 0) is 0 Å². The van der Waals surface area contributed by atoms with Crippen LogP contribution in [0, 0.1) is 6.92 Å². The molecule has 2 rings (SSSR count). The minimum absolute atomic E-state index is 0.268. The molecule has 0 radical (unpaired) electrons. The zero-order valence-electron chi connectivity index (χ0n) is 10.0. The quantitative estimate of drug-likeness (QED) is 0.890. The minimum Gasteiger partial charge on any atom is -0.301 e. The van der Waals surface area contributed by atoms with Crippen molar-refractivity contribution in [1.82, 2.24) is 10.3 Å². The number of halogens is 1. The van der Waals surface area contributed by atoms with Crippen LogP contribution in [0.15, 0.2) is 18.3 Å². The summed E-state index contributed by atoms with van der Waals surface area (Å²) < 4.78 is 0.839. The summed E-state index contributed by atoms with van der Waals surface area (Å²) in [6.45, 7) is 6.37. The van der Waals surface area contributed by atoms with Crippen molar-refractivity contribution >= 4 is 34.3 Å². The number of thiophene rings is 1. The highest BCUT2D eigenvalue weighted by Crippen LogP contribution is 2.29. The molecule has 2 atom stereocenters. The third-order valence-corrected chi connectivity index (χ3v) is 5.04. The van der Waals surface area contributed by atoms with Crippen molar-refractivity contribution in [2.75, 3.05) is 0 Å². The lowest BCUT2D eigenvalue weighted by Crippen LogP contribution is -2.21. The van der Waals surface area contributed by atoms with Crippen LogP contribution >= 0.6 is 34.3 Å². The number of rotatable bonds is 4. The molecule has 0 aliphatic heterocycles. The zero-order valence-corrected chi connectivity index (χ0v) is 12.4. The van der Waals surface area contributed by atoms with Crippen molar-refractivity contribution in [1.29, 1.82) is 0 Å². The second-order valence-electron chi connectivity index (χ2n) is 4.06. The molecule has 0 spiro atoms. The SMILES string of the molecule is Cc1cnc(C(C)NC(C)c2ccc(Cl)s2)s1. The average Bonchev–Trinajstić information content (AvgIpc) is 2.87. The molecule has 2 nitrogen and oxygen atoms in total. The van der Waals surface area contributed by atoms with Gasteiger partial charge in [0, 0.05) is 22.0 Å². The van der Waals surface area contributed by atoms with Gasteiger partial charge in [-0.05, 0) is 32.9 Å². The van der Waals surface area contributed by atoms with Crippen LogP contribution in [0.1, 0.15) is 40.7 Å². The minimum atomic E-state index is 0.268. The second-order valence-corrected chi connectivity index (χ2v) is 7.07. The van der Waals surface area contributed by atoms with Gasteiger partial charge in [-0.25, -0.2) is 4.98 Å². The molecular weight excluding hydrogens is 272 g/mol. The Labute approximate surface area is 115 Å². The van der Waals surface area contributed by atoms with E-state index in [9.17, 15) is 0 Å². The van der Waals surface area contributed by atoms with Crippen molar-refractivity contribution in [3.8, 4) is 0 Å². The highest BCUT2D eigenvalue weighted by atomic mass is 35.5. The maximum atomic E-state index is 5.94. The standard InChI is InChI=1S/C12H15ClN2S2/c1-7-6-14-12(16-7)9(3)15-8(2)10-4-5-11(13)17-10/h4-6,8-9,15H,1-3H3. The van der Waals surface area contributed by atoms with Crippen LogP contribution in [0.3, 0.4) is 0 Å². The fourth-order valence-electron chi connectivity index (χ4n) is 1.66. The Morgan fingerprint density at radius 3 is 2.53 bits per heavy atom.